The Hall–Kier alpha value is -3.51. The van der Waals surface area contributed by atoms with E-state index < -0.39 is 0 Å². The van der Waals surface area contributed by atoms with Crippen LogP contribution in [-0.2, 0) is 18.2 Å². The van der Waals surface area contributed by atoms with Gasteiger partial charge in [-0.25, -0.2) is 9.78 Å². The third-order valence-electron chi connectivity index (χ3n) is 6.43. The van der Waals surface area contributed by atoms with E-state index in [2.05, 4.69) is 46.7 Å². The SMILES string of the molecule is C#C.CC(C)OC(=O)N1CCNCC1.Cn1cncc1[C@H](N)C1=CC2=CC=CNC2Cc2ccc(Cl)cc21. The Bertz CT molecular complexity index is 1210. The van der Waals surface area contributed by atoms with Gasteiger partial charge in [0.2, 0.25) is 0 Å². The molecule has 1 aromatic carbocycles. The number of carbonyl (C=O) groups is 1. The Morgan fingerprint density at radius 3 is 2.66 bits per heavy atom. The molecule has 5 rings (SSSR count). The molecule has 2 aromatic rings. The van der Waals surface area contributed by atoms with E-state index in [-0.39, 0.29) is 24.3 Å². The zero-order valence-electron chi connectivity index (χ0n) is 22.2. The van der Waals surface area contributed by atoms with E-state index in [1.165, 1.54) is 11.1 Å². The summed E-state index contributed by atoms with van der Waals surface area (Å²) in [5, 5.41) is 7.33. The highest BCUT2D eigenvalue weighted by molar-refractivity contribution is 6.30. The van der Waals surface area contributed by atoms with Gasteiger partial charge in [-0.1, -0.05) is 29.8 Å². The van der Waals surface area contributed by atoms with E-state index in [1.807, 2.05) is 56.1 Å². The summed E-state index contributed by atoms with van der Waals surface area (Å²) in [4.78, 5) is 17.2. The van der Waals surface area contributed by atoms with E-state index in [0.29, 0.717) is 0 Å². The molecule has 2 aliphatic heterocycles. The highest BCUT2D eigenvalue weighted by atomic mass is 35.5. The molecule has 1 saturated heterocycles. The standard InChI is InChI=1S/C19H19ClN4.C8H16N2O2.C2H2/c1-24-11-22-10-18(24)19(21)16-7-13-3-2-6-23-17(13)8-12-4-5-14(20)9-15(12)16;1-7(2)12-8(11)10-5-3-9-4-6-10;1-2/h2-7,9-11,17,19,23H,8,21H2,1H3;7,9H,3-6H2,1-2H3;1-2H/t17?,19-;;/m1../s1. The summed E-state index contributed by atoms with van der Waals surface area (Å²) in [6.45, 7) is 6.97. The van der Waals surface area contributed by atoms with Gasteiger partial charge in [0.15, 0.2) is 0 Å². The Morgan fingerprint density at radius 2 is 2.00 bits per heavy atom. The minimum Gasteiger partial charge on any atom is -0.447 e. The summed E-state index contributed by atoms with van der Waals surface area (Å²) >= 11 is 6.28. The van der Waals surface area contributed by atoms with Gasteiger partial charge in [0.05, 0.1) is 36.4 Å². The van der Waals surface area contributed by atoms with Crippen molar-refractivity contribution in [1.82, 2.24) is 25.1 Å². The van der Waals surface area contributed by atoms with Crippen molar-refractivity contribution < 1.29 is 9.53 Å². The van der Waals surface area contributed by atoms with Crippen LogP contribution in [-0.4, -0.2) is 58.9 Å². The quantitative estimate of drug-likeness (QED) is 0.516. The highest BCUT2D eigenvalue weighted by Crippen LogP contribution is 2.37. The largest absolute Gasteiger partial charge is 0.447 e. The monoisotopic (exact) mass is 536 g/mol. The number of fused-ring (bicyclic) bond motifs is 2. The van der Waals surface area contributed by atoms with E-state index in [4.69, 9.17) is 22.1 Å². The topological polar surface area (TPSA) is 97.4 Å². The smallest absolute Gasteiger partial charge is 0.410 e. The van der Waals surface area contributed by atoms with Gasteiger partial charge >= 0.3 is 6.09 Å². The first-order chi connectivity index (χ1) is 18.3. The second-order valence-electron chi connectivity index (χ2n) is 9.43. The van der Waals surface area contributed by atoms with Crippen LogP contribution in [0.5, 0.6) is 0 Å². The van der Waals surface area contributed by atoms with E-state index in [0.717, 1.165) is 54.5 Å². The number of terminal acetylenes is 1. The molecule has 0 saturated carbocycles. The average Bonchev–Trinajstić information content (AvgIpc) is 3.28. The second kappa shape index (κ2) is 13.9. The third kappa shape index (κ3) is 7.29. The van der Waals surface area contributed by atoms with Crippen molar-refractivity contribution in [2.45, 2.75) is 38.5 Å². The molecule has 2 atom stereocenters. The maximum Gasteiger partial charge on any atom is 0.410 e. The van der Waals surface area contributed by atoms with Crippen molar-refractivity contribution in [2.75, 3.05) is 26.2 Å². The van der Waals surface area contributed by atoms with Crippen molar-refractivity contribution in [3.05, 3.63) is 82.6 Å². The molecule has 1 amide bonds. The summed E-state index contributed by atoms with van der Waals surface area (Å²) in [6.07, 6.45) is 20.7. The first-order valence-electron chi connectivity index (χ1n) is 12.7. The number of hydrogen-bond acceptors (Lipinski definition) is 6. The van der Waals surface area contributed by atoms with Crippen molar-refractivity contribution >= 4 is 23.3 Å². The van der Waals surface area contributed by atoms with E-state index in [1.54, 1.807) is 11.2 Å². The number of aryl methyl sites for hydroxylation is 1. The van der Waals surface area contributed by atoms with Gasteiger partial charge < -0.3 is 30.6 Å². The number of nitrogens with one attached hydrogen (secondary N) is 2. The van der Waals surface area contributed by atoms with Crippen molar-refractivity contribution in [3.8, 4) is 12.8 Å². The number of ether oxygens (including phenoxy) is 1. The van der Waals surface area contributed by atoms with Gasteiger partial charge in [-0.2, -0.15) is 0 Å². The van der Waals surface area contributed by atoms with Crippen molar-refractivity contribution in [2.24, 2.45) is 12.8 Å². The lowest BCUT2D eigenvalue weighted by Crippen LogP contribution is -2.47. The van der Waals surface area contributed by atoms with E-state index in [9.17, 15) is 4.79 Å². The number of dihydropyridines is 1. The van der Waals surface area contributed by atoms with Gasteiger partial charge in [-0.3, -0.25) is 0 Å². The zero-order chi connectivity index (χ0) is 27.7. The number of imidazole rings is 1. The molecular formula is C29H37ClN6O2. The Kier molecular flexibility index (Phi) is 10.6. The lowest BCUT2D eigenvalue weighted by atomic mass is 9.93. The van der Waals surface area contributed by atoms with Crippen LogP contribution in [0.15, 0.2) is 60.7 Å². The molecule has 4 N–H and O–H groups in total. The Morgan fingerprint density at radius 1 is 1.26 bits per heavy atom. The van der Waals surface area contributed by atoms with Gasteiger partial charge in [0.1, 0.15) is 0 Å². The van der Waals surface area contributed by atoms with Gasteiger partial charge in [-0.15, -0.1) is 12.8 Å². The fourth-order valence-electron chi connectivity index (χ4n) is 4.55. The Balaban J connectivity index is 0.000000242. The number of halogens is 1. The minimum atomic E-state index is -0.264. The van der Waals surface area contributed by atoms with Crippen LogP contribution in [0.25, 0.3) is 5.57 Å². The maximum absolute atomic E-state index is 11.3. The highest BCUT2D eigenvalue weighted by Gasteiger charge is 2.26. The summed E-state index contributed by atoms with van der Waals surface area (Å²) < 4.78 is 7.01. The number of allylic oxidation sites excluding steroid dienone is 2. The maximum atomic E-state index is 11.3. The lowest BCUT2D eigenvalue weighted by Gasteiger charge is -2.27. The number of benzene rings is 1. The molecule has 1 unspecified atom stereocenters. The number of aromatic nitrogens is 2. The van der Waals surface area contributed by atoms with Crippen molar-refractivity contribution in [1.29, 1.82) is 0 Å². The number of rotatable bonds is 3. The van der Waals surface area contributed by atoms with Crippen LogP contribution in [0.4, 0.5) is 4.79 Å². The average molecular weight is 537 g/mol. The number of carbonyl (C=O) groups excluding carboxylic acids is 1. The van der Waals surface area contributed by atoms with Crippen LogP contribution in [0.1, 0.15) is 36.7 Å². The lowest BCUT2D eigenvalue weighted by molar-refractivity contribution is 0.0732. The summed E-state index contributed by atoms with van der Waals surface area (Å²) in [5.74, 6) is 0. The normalized spacial score (nSPS) is 18.5. The summed E-state index contributed by atoms with van der Waals surface area (Å²) in [6, 6.07) is 6.06. The van der Waals surface area contributed by atoms with Crippen LogP contribution >= 0.6 is 11.6 Å². The van der Waals surface area contributed by atoms with Gasteiger partial charge in [0.25, 0.3) is 0 Å². The minimum absolute atomic E-state index is 0.0209. The van der Waals surface area contributed by atoms with Crippen LogP contribution in [0, 0.1) is 12.8 Å². The molecule has 202 valence electrons. The number of nitrogens with zero attached hydrogens (tertiary/aromatic N) is 3. The van der Waals surface area contributed by atoms with E-state index >= 15 is 0 Å². The second-order valence-corrected chi connectivity index (χ2v) is 9.86. The zero-order valence-corrected chi connectivity index (χ0v) is 23.0. The first-order valence-corrected chi connectivity index (χ1v) is 13.1. The molecule has 0 spiro atoms. The van der Waals surface area contributed by atoms with Crippen LogP contribution in [0.3, 0.4) is 0 Å². The number of nitrogens with two attached hydrogens (primary N) is 1. The fraction of sp³-hybridized carbons (Fsp3) is 0.379. The fourth-order valence-corrected chi connectivity index (χ4v) is 4.72. The molecule has 1 aromatic heterocycles. The molecule has 9 heteroatoms. The summed E-state index contributed by atoms with van der Waals surface area (Å²) in [7, 11) is 1.96. The number of piperazine rings is 1. The first kappa shape index (κ1) is 29.1. The Labute approximate surface area is 230 Å². The predicted molar refractivity (Wildman–Crippen MR) is 153 cm³/mol. The molecule has 3 heterocycles. The third-order valence-corrected chi connectivity index (χ3v) is 6.67. The molecule has 8 nitrogen and oxygen atoms in total. The van der Waals surface area contributed by atoms with Gasteiger partial charge in [-0.05, 0) is 67.0 Å². The molecule has 3 aliphatic rings. The number of hydrogen-bond donors (Lipinski definition) is 3. The van der Waals surface area contributed by atoms with Crippen LogP contribution in [0.2, 0.25) is 5.02 Å². The summed E-state index contributed by atoms with van der Waals surface area (Å²) in [5.41, 5.74) is 12.3. The molecule has 1 fully saturated rings. The molecule has 0 bridgehead atoms. The molecular weight excluding hydrogens is 500 g/mol. The van der Waals surface area contributed by atoms with Crippen molar-refractivity contribution in [3.63, 3.8) is 0 Å². The molecule has 0 radical (unpaired) electrons. The molecule has 1 aliphatic carbocycles. The van der Waals surface area contributed by atoms with Crippen LogP contribution < -0.4 is 16.4 Å². The predicted octanol–water partition coefficient (Wildman–Crippen LogP) is 3.81. The van der Waals surface area contributed by atoms with Gasteiger partial charge in [0, 0.05) is 38.2 Å². The number of amides is 1. The molecule has 38 heavy (non-hydrogen) atoms.